The molecule has 3 fully saturated rings. The van der Waals surface area contributed by atoms with Crippen LogP contribution in [0.3, 0.4) is 0 Å². The number of halogens is 6. The number of hydrogen-bond donors (Lipinski definition) is 2. The van der Waals surface area contributed by atoms with Crippen LogP contribution in [-0.4, -0.2) is 48.6 Å². The lowest BCUT2D eigenvalue weighted by atomic mass is 9.79. The maximum Gasteiger partial charge on any atom is 0.286 e. The molecule has 10 nitrogen and oxygen atoms in total. The zero-order valence-corrected chi connectivity index (χ0v) is 22.8. The number of imidazole rings is 1. The maximum absolute atomic E-state index is 14.0. The van der Waals surface area contributed by atoms with E-state index in [4.69, 9.17) is 0 Å². The Kier molecular flexibility index (Phi) is 7.57. The normalized spacial score (nSPS) is 21.8. The third-order valence-corrected chi connectivity index (χ3v) is 8.55. The molecule has 0 saturated heterocycles. The van der Waals surface area contributed by atoms with E-state index in [-0.39, 0.29) is 55.5 Å². The molecule has 3 heterocycles. The van der Waals surface area contributed by atoms with Gasteiger partial charge in [-0.1, -0.05) is 0 Å². The number of alkyl halides is 6. The van der Waals surface area contributed by atoms with Crippen molar-refractivity contribution in [2.24, 2.45) is 17.8 Å². The number of aromatic nitrogens is 5. The van der Waals surface area contributed by atoms with Gasteiger partial charge in [-0.15, -0.1) is 0 Å². The molecule has 3 aliphatic carbocycles. The zero-order valence-electron chi connectivity index (χ0n) is 22.8. The number of carbonyl (C=O) groups is 2. The Morgan fingerprint density at radius 3 is 2.33 bits per heavy atom. The lowest BCUT2D eigenvalue weighted by molar-refractivity contribution is -0.134. The lowest BCUT2D eigenvalue weighted by Gasteiger charge is -2.34. The van der Waals surface area contributed by atoms with E-state index in [0.29, 0.717) is 11.2 Å². The second-order valence-corrected chi connectivity index (χ2v) is 11.9. The van der Waals surface area contributed by atoms with Gasteiger partial charge in [0, 0.05) is 32.1 Å². The fourth-order valence-corrected chi connectivity index (χ4v) is 6.09. The minimum atomic E-state index is -3.12. The molecule has 3 aromatic rings. The van der Waals surface area contributed by atoms with Crippen molar-refractivity contribution in [3.8, 4) is 0 Å². The summed E-state index contributed by atoms with van der Waals surface area (Å²) in [6, 6.07) is 0.381. The van der Waals surface area contributed by atoms with Crippen LogP contribution in [0.4, 0.5) is 26.3 Å². The summed E-state index contributed by atoms with van der Waals surface area (Å²) in [6.45, 7) is 0. The SMILES string of the molecule is O=C(CC1CC(F)(F)C1)NC(c1cnn2cc([C@@H](NC(=O)c3nonc3C(F)F)C3CCC(F)(F)CC3)nc2c1)C1CC1. The summed E-state index contributed by atoms with van der Waals surface area (Å²) in [6.07, 6.45) is 0.394. The molecule has 43 heavy (non-hydrogen) atoms. The van der Waals surface area contributed by atoms with Crippen LogP contribution in [0.25, 0.3) is 5.65 Å². The van der Waals surface area contributed by atoms with Crippen LogP contribution in [0.5, 0.6) is 0 Å². The molecule has 232 valence electrons. The highest BCUT2D eigenvalue weighted by Crippen LogP contribution is 2.45. The monoisotopic (exact) mass is 613 g/mol. The van der Waals surface area contributed by atoms with E-state index in [9.17, 15) is 35.9 Å². The topological polar surface area (TPSA) is 127 Å². The van der Waals surface area contributed by atoms with Crippen LogP contribution < -0.4 is 10.6 Å². The first-order valence-corrected chi connectivity index (χ1v) is 14.2. The van der Waals surface area contributed by atoms with E-state index in [1.807, 2.05) is 0 Å². The smallest absolute Gasteiger partial charge is 0.286 e. The van der Waals surface area contributed by atoms with Gasteiger partial charge >= 0.3 is 0 Å². The van der Waals surface area contributed by atoms with Crippen LogP contribution in [0.2, 0.25) is 0 Å². The molecule has 16 heteroatoms. The summed E-state index contributed by atoms with van der Waals surface area (Å²) < 4.78 is 86.7. The molecule has 0 bridgehead atoms. The van der Waals surface area contributed by atoms with Crippen molar-refractivity contribution >= 4 is 17.5 Å². The highest BCUT2D eigenvalue weighted by Gasteiger charge is 2.46. The predicted molar refractivity (Wildman–Crippen MR) is 135 cm³/mol. The Bertz CT molecular complexity index is 1490. The van der Waals surface area contributed by atoms with Crippen molar-refractivity contribution in [3.05, 3.63) is 41.1 Å². The van der Waals surface area contributed by atoms with Gasteiger partial charge in [-0.3, -0.25) is 9.59 Å². The lowest BCUT2D eigenvalue weighted by Crippen LogP contribution is -2.39. The number of fused-ring (bicyclic) bond motifs is 1. The Hall–Kier alpha value is -3.72. The van der Waals surface area contributed by atoms with E-state index >= 15 is 0 Å². The zero-order chi connectivity index (χ0) is 30.5. The van der Waals surface area contributed by atoms with Crippen molar-refractivity contribution in [2.75, 3.05) is 0 Å². The summed E-state index contributed by atoms with van der Waals surface area (Å²) in [5, 5.41) is 16.4. The first kappa shape index (κ1) is 29.4. The van der Waals surface area contributed by atoms with E-state index in [1.165, 1.54) is 10.7 Å². The van der Waals surface area contributed by atoms with E-state index in [0.717, 1.165) is 12.8 Å². The number of carbonyl (C=O) groups excluding carboxylic acids is 2. The maximum atomic E-state index is 14.0. The van der Waals surface area contributed by atoms with Gasteiger partial charge in [0.05, 0.1) is 30.2 Å². The number of nitrogens with zero attached hydrogens (tertiary/aromatic N) is 5. The van der Waals surface area contributed by atoms with Crippen LogP contribution in [-0.2, 0) is 4.79 Å². The number of hydrogen-bond acceptors (Lipinski definition) is 7. The molecule has 0 aromatic carbocycles. The van der Waals surface area contributed by atoms with Crippen molar-refractivity contribution < 1.29 is 40.6 Å². The van der Waals surface area contributed by atoms with Gasteiger partial charge in [-0.05, 0) is 65.4 Å². The molecule has 2 N–H and O–H groups in total. The van der Waals surface area contributed by atoms with Gasteiger partial charge in [-0.25, -0.2) is 40.5 Å². The van der Waals surface area contributed by atoms with E-state index < -0.39 is 66.4 Å². The molecule has 1 unspecified atom stereocenters. The molecule has 2 amide bonds. The number of nitrogens with one attached hydrogen (secondary N) is 2. The fraction of sp³-hybridized carbons (Fsp3) is 0.630. The molecule has 3 aromatic heterocycles. The largest absolute Gasteiger partial charge is 0.349 e. The Morgan fingerprint density at radius 1 is 0.977 bits per heavy atom. The summed E-state index contributed by atoms with van der Waals surface area (Å²) >= 11 is 0. The molecule has 3 saturated carbocycles. The summed E-state index contributed by atoms with van der Waals surface area (Å²) in [5.41, 5.74) is -0.359. The minimum Gasteiger partial charge on any atom is -0.349 e. The fourth-order valence-electron chi connectivity index (χ4n) is 6.09. The average molecular weight is 614 g/mol. The average Bonchev–Trinajstić information content (AvgIpc) is 3.47. The van der Waals surface area contributed by atoms with Gasteiger partial charge in [0.1, 0.15) is 0 Å². The Morgan fingerprint density at radius 2 is 1.67 bits per heavy atom. The Balaban J connectivity index is 1.24. The summed E-state index contributed by atoms with van der Waals surface area (Å²) in [7, 11) is 0. The Labute approximate surface area is 240 Å². The molecule has 0 radical (unpaired) electrons. The minimum absolute atomic E-state index is 0.0120. The predicted octanol–water partition coefficient (Wildman–Crippen LogP) is 5.35. The van der Waals surface area contributed by atoms with E-state index in [2.05, 4.69) is 35.7 Å². The van der Waals surface area contributed by atoms with Crippen molar-refractivity contribution in [1.29, 1.82) is 0 Å². The number of amides is 2. The molecule has 6 rings (SSSR count). The number of rotatable bonds is 10. The molecular formula is C27H29F6N7O3. The molecule has 2 atom stereocenters. The molecule has 0 aliphatic heterocycles. The standard InChI is InChI=1S/C27H29F6N7O3/c28-24(29)22-23(39-43-38-22)25(42)37-21(15-3-5-26(30,31)6-4-15)17-12-40-18(35-17)8-16(11-34-40)20(14-1-2-14)36-19(41)7-13-9-27(32,33)10-13/h8,11-15,20-21,24H,1-7,9-10H2,(H,36,41)(H,37,42)/t20?,21-/m0/s1. The van der Waals surface area contributed by atoms with Crippen molar-refractivity contribution in [3.63, 3.8) is 0 Å². The second-order valence-electron chi connectivity index (χ2n) is 11.9. The van der Waals surface area contributed by atoms with Gasteiger partial charge < -0.3 is 10.6 Å². The highest BCUT2D eigenvalue weighted by molar-refractivity contribution is 5.93. The van der Waals surface area contributed by atoms with Crippen LogP contribution >= 0.6 is 0 Å². The third-order valence-electron chi connectivity index (χ3n) is 8.55. The van der Waals surface area contributed by atoms with Crippen molar-refractivity contribution in [2.45, 2.75) is 88.1 Å². The first-order chi connectivity index (χ1) is 20.4. The quantitative estimate of drug-likeness (QED) is 0.295. The van der Waals surface area contributed by atoms with E-state index in [1.54, 1.807) is 12.3 Å². The first-order valence-electron chi connectivity index (χ1n) is 14.2. The third kappa shape index (κ3) is 6.47. The van der Waals surface area contributed by atoms with Gasteiger partial charge in [-0.2, -0.15) is 5.10 Å². The second kappa shape index (κ2) is 11.1. The van der Waals surface area contributed by atoms with Crippen molar-refractivity contribution in [1.82, 2.24) is 35.5 Å². The molecule has 3 aliphatic rings. The van der Waals surface area contributed by atoms with Crippen LogP contribution in [0.1, 0.15) is 104 Å². The summed E-state index contributed by atoms with van der Waals surface area (Å²) in [4.78, 5) is 30.2. The van der Waals surface area contributed by atoms with Gasteiger partial charge in [0.15, 0.2) is 11.3 Å². The van der Waals surface area contributed by atoms with Crippen LogP contribution in [0, 0.1) is 17.8 Å². The van der Waals surface area contributed by atoms with Crippen LogP contribution in [0.15, 0.2) is 23.1 Å². The van der Waals surface area contributed by atoms with Gasteiger partial charge in [0.2, 0.25) is 23.4 Å². The molecular weight excluding hydrogens is 584 g/mol. The summed E-state index contributed by atoms with van der Waals surface area (Å²) in [5.74, 6) is -7.57. The molecule has 0 spiro atoms. The van der Waals surface area contributed by atoms with Gasteiger partial charge in [0.25, 0.3) is 12.3 Å². The highest BCUT2D eigenvalue weighted by atomic mass is 19.3.